The summed E-state index contributed by atoms with van der Waals surface area (Å²) in [5, 5.41) is 1.79. The number of anilines is 1. The molecule has 0 aliphatic carbocycles. The molecule has 1 atom stereocenters. The van der Waals surface area contributed by atoms with Crippen LogP contribution in [0.1, 0.15) is 34.5 Å². The first-order chi connectivity index (χ1) is 12.7. The maximum atomic E-state index is 11.8. The Bertz CT molecular complexity index is 1090. The number of aromatic nitrogens is 1. The molecule has 27 heavy (non-hydrogen) atoms. The predicted octanol–water partition coefficient (Wildman–Crippen LogP) is 2.91. The second-order valence-corrected chi connectivity index (χ2v) is 8.35. The van der Waals surface area contributed by atoms with Gasteiger partial charge in [0.1, 0.15) is 11.3 Å². The van der Waals surface area contributed by atoms with Crippen molar-refractivity contribution in [2.24, 2.45) is 11.7 Å². The van der Waals surface area contributed by atoms with Crippen LogP contribution < -0.4 is 10.6 Å². The quantitative estimate of drug-likeness (QED) is 0.845. The lowest BCUT2D eigenvalue weighted by Gasteiger charge is -2.31. The molecule has 3 rings (SSSR count). The summed E-state index contributed by atoms with van der Waals surface area (Å²) in [6, 6.07) is 6.39. The number of aromatic amines is 1. The SMILES string of the molecule is C=CS(=O)(=O)[N+]#CC1CCCN(c2ccc(C(N)=O)c3[nH]c(C)c(C)c23)C1. The van der Waals surface area contributed by atoms with Gasteiger partial charge in [-0.1, -0.05) is 6.58 Å². The molecule has 1 amide bonds. The predicted molar refractivity (Wildman–Crippen MR) is 108 cm³/mol. The molecule has 0 bridgehead atoms. The van der Waals surface area contributed by atoms with Crippen molar-refractivity contribution < 1.29 is 13.2 Å². The standard InChI is InChI=1S/C19H22N4O3S/c1-4-27(25,26)21-10-14-6-5-9-23(11-14)16-8-7-15(19(20)24)18-17(16)12(2)13(3)22-18/h4,7-8,14H,1,5-6,9,11H2,2-3H3,(H2-,20,22,24)/p+1. The number of rotatable bonds is 3. The lowest BCUT2D eigenvalue weighted by Crippen LogP contribution is -2.35. The molecule has 1 aromatic carbocycles. The summed E-state index contributed by atoms with van der Waals surface area (Å²) in [5.41, 5.74) is 9.77. The lowest BCUT2D eigenvalue weighted by atomic mass is 9.97. The molecule has 8 heteroatoms. The number of nitrogens with zero attached hydrogens (tertiary/aromatic N) is 2. The lowest BCUT2D eigenvalue weighted by molar-refractivity contribution is 0.100. The van der Waals surface area contributed by atoms with Crippen LogP contribution in [0.5, 0.6) is 0 Å². The van der Waals surface area contributed by atoms with Crippen LogP contribution in [0.4, 0.5) is 5.69 Å². The molecule has 0 saturated carbocycles. The fourth-order valence-electron chi connectivity index (χ4n) is 3.53. The second kappa shape index (κ2) is 7.08. The van der Waals surface area contributed by atoms with E-state index in [-0.39, 0.29) is 5.92 Å². The summed E-state index contributed by atoms with van der Waals surface area (Å²) in [7, 11) is -3.65. The number of carbonyl (C=O) groups is 1. The molecule has 2 aromatic rings. The van der Waals surface area contributed by atoms with Gasteiger partial charge in [-0.15, -0.1) is 8.42 Å². The van der Waals surface area contributed by atoms with Gasteiger partial charge in [-0.25, -0.2) is 0 Å². The van der Waals surface area contributed by atoms with Gasteiger partial charge in [-0.3, -0.25) is 4.79 Å². The molecule has 1 aliphatic heterocycles. The topological polar surface area (TPSA) is 101 Å². The van der Waals surface area contributed by atoms with Gasteiger partial charge < -0.3 is 15.6 Å². The molecular weight excluding hydrogens is 364 g/mol. The van der Waals surface area contributed by atoms with Gasteiger partial charge in [0.15, 0.2) is 0 Å². The normalized spacial score (nSPS) is 17.4. The van der Waals surface area contributed by atoms with Crippen LogP contribution in [0.3, 0.4) is 0 Å². The fourth-order valence-corrected chi connectivity index (χ4v) is 3.90. The van der Waals surface area contributed by atoms with E-state index in [1.165, 1.54) is 0 Å². The van der Waals surface area contributed by atoms with E-state index in [1.807, 2.05) is 19.9 Å². The number of piperidine rings is 1. The molecule has 1 aromatic heterocycles. The largest absolute Gasteiger partial charge is 0.502 e. The molecule has 142 valence electrons. The van der Waals surface area contributed by atoms with Gasteiger partial charge in [0.05, 0.1) is 15.3 Å². The number of amides is 1. The van der Waals surface area contributed by atoms with Crippen molar-refractivity contribution in [1.29, 1.82) is 0 Å². The average molecular weight is 387 g/mol. The van der Waals surface area contributed by atoms with Gasteiger partial charge in [0.2, 0.25) is 0 Å². The van der Waals surface area contributed by atoms with Gasteiger partial charge in [0, 0.05) is 29.9 Å². The van der Waals surface area contributed by atoms with Crippen LogP contribution in [0.15, 0.2) is 24.1 Å². The number of nitrogens with two attached hydrogens (primary N) is 1. The highest BCUT2D eigenvalue weighted by atomic mass is 32.2. The zero-order chi connectivity index (χ0) is 19.8. The molecule has 1 unspecified atom stereocenters. The van der Waals surface area contributed by atoms with Crippen molar-refractivity contribution >= 4 is 32.5 Å². The number of nitrogens with one attached hydrogen (secondary N) is 1. The molecule has 7 nitrogen and oxygen atoms in total. The Labute approximate surface area is 158 Å². The van der Waals surface area contributed by atoms with Gasteiger partial charge >= 0.3 is 16.1 Å². The second-order valence-electron chi connectivity index (χ2n) is 6.81. The third-order valence-corrected chi connectivity index (χ3v) is 5.82. The van der Waals surface area contributed by atoms with Crippen LogP contribution in [-0.4, -0.2) is 32.4 Å². The molecule has 1 aliphatic rings. The van der Waals surface area contributed by atoms with E-state index in [1.54, 1.807) is 6.07 Å². The third kappa shape index (κ3) is 3.69. The van der Waals surface area contributed by atoms with Crippen LogP contribution in [0.2, 0.25) is 0 Å². The summed E-state index contributed by atoms with van der Waals surface area (Å²) in [6.45, 7) is 8.66. The van der Waals surface area contributed by atoms with Gasteiger partial charge in [-0.05, 0) is 44.4 Å². The highest BCUT2D eigenvalue weighted by molar-refractivity contribution is 7.96. The zero-order valence-corrected chi connectivity index (χ0v) is 16.3. The first-order valence-corrected chi connectivity index (χ1v) is 10.3. The highest BCUT2D eigenvalue weighted by Gasteiger charge is 2.27. The van der Waals surface area contributed by atoms with Crippen molar-refractivity contribution in [3.63, 3.8) is 0 Å². The fraction of sp³-hybridized carbons (Fsp3) is 0.368. The Kier molecular flexibility index (Phi) is 4.98. The maximum absolute atomic E-state index is 11.8. The van der Waals surface area contributed by atoms with E-state index in [9.17, 15) is 13.2 Å². The number of primary amides is 1. The summed E-state index contributed by atoms with van der Waals surface area (Å²) in [6.07, 6.45) is 1.71. The number of sulfonamides is 1. The van der Waals surface area contributed by atoms with Crippen LogP contribution >= 0.6 is 0 Å². The van der Waals surface area contributed by atoms with Gasteiger partial charge in [0.25, 0.3) is 5.91 Å². The van der Waals surface area contributed by atoms with Crippen molar-refractivity contribution in [3.8, 4) is 6.07 Å². The number of hydrogen-bond donors (Lipinski definition) is 2. The highest BCUT2D eigenvalue weighted by Crippen LogP contribution is 2.35. The minimum atomic E-state index is -3.65. The molecule has 3 N–H and O–H groups in total. The van der Waals surface area contributed by atoms with Crippen LogP contribution in [0, 0.1) is 25.8 Å². The Hall–Kier alpha value is -2.79. The monoisotopic (exact) mass is 387 g/mol. The zero-order valence-electron chi connectivity index (χ0n) is 15.4. The van der Waals surface area contributed by atoms with Crippen molar-refractivity contribution in [2.75, 3.05) is 18.0 Å². The Morgan fingerprint density at radius 1 is 1.44 bits per heavy atom. The van der Waals surface area contributed by atoms with Crippen molar-refractivity contribution in [2.45, 2.75) is 26.7 Å². The van der Waals surface area contributed by atoms with E-state index in [0.717, 1.165) is 52.6 Å². The number of fused-ring (bicyclic) bond motifs is 1. The number of carbonyl (C=O) groups excluding carboxylic acids is 1. The Balaban J connectivity index is 2.01. The van der Waals surface area contributed by atoms with Crippen LogP contribution in [0.25, 0.3) is 15.2 Å². The van der Waals surface area contributed by atoms with E-state index >= 15 is 0 Å². The summed E-state index contributed by atoms with van der Waals surface area (Å²) in [4.78, 5) is 17.2. The number of hydrogen-bond acceptors (Lipinski definition) is 4. The van der Waals surface area contributed by atoms with Gasteiger partial charge in [-0.2, -0.15) is 0 Å². The molecule has 0 spiro atoms. The minimum Gasteiger partial charge on any atom is -0.369 e. The molecular formula is C19H23N4O3S+. The molecule has 0 radical (unpaired) electrons. The van der Waals surface area contributed by atoms with E-state index < -0.39 is 15.9 Å². The minimum absolute atomic E-state index is 0.0975. The number of H-pyrrole nitrogens is 1. The summed E-state index contributed by atoms with van der Waals surface area (Å²) in [5.74, 6) is -0.570. The average Bonchev–Trinajstić information content (AvgIpc) is 2.94. The smallest absolute Gasteiger partial charge is 0.369 e. The van der Waals surface area contributed by atoms with Crippen molar-refractivity contribution in [1.82, 2.24) is 4.98 Å². The summed E-state index contributed by atoms with van der Waals surface area (Å²) >= 11 is 0. The molecule has 1 fully saturated rings. The van der Waals surface area contributed by atoms with E-state index in [2.05, 4.69) is 26.8 Å². The Morgan fingerprint density at radius 3 is 2.85 bits per heavy atom. The first-order valence-electron chi connectivity index (χ1n) is 8.75. The molecule has 2 heterocycles. The number of aryl methyl sites for hydroxylation is 2. The van der Waals surface area contributed by atoms with Crippen molar-refractivity contribution in [3.05, 3.63) is 45.2 Å². The first kappa shape index (κ1) is 19.0. The number of benzene rings is 1. The van der Waals surface area contributed by atoms with E-state index in [0.29, 0.717) is 12.1 Å². The summed E-state index contributed by atoms with van der Waals surface area (Å²) < 4.78 is 26.6. The van der Waals surface area contributed by atoms with Crippen LogP contribution in [-0.2, 0) is 10.0 Å². The maximum Gasteiger partial charge on any atom is 0.502 e. The Morgan fingerprint density at radius 2 is 2.19 bits per heavy atom. The molecule has 1 saturated heterocycles. The third-order valence-electron chi connectivity index (χ3n) is 5.03. The van der Waals surface area contributed by atoms with E-state index in [4.69, 9.17) is 5.73 Å².